The van der Waals surface area contributed by atoms with Crippen LogP contribution in [0.4, 0.5) is 13.2 Å². The molecule has 1 N–H and O–H groups in total. The minimum atomic E-state index is -4.04. The van der Waals surface area contributed by atoms with Crippen LogP contribution >= 0.6 is 0 Å². The maximum absolute atomic E-state index is 12.9. The Morgan fingerprint density at radius 2 is 2.05 bits per heavy atom. The number of aryl methyl sites for hydroxylation is 2. The van der Waals surface area contributed by atoms with Gasteiger partial charge in [0.05, 0.1) is 11.6 Å². The molecular formula is C15H22F3N3. The summed E-state index contributed by atoms with van der Waals surface area (Å²) in [6, 6.07) is 0.268. The number of fused-ring (bicyclic) bond motifs is 1. The van der Waals surface area contributed by atoms with Gasteiger partial charge < -0.3 is 9.88 Å². The minimum absolute atomic E-state index is 0.00143. The van der Waals surface area contributed by atoms with Crippen molar-refractivity contribution in [3.8, 4) is 0 Å². The topological polar surface area (TPSA) is 29.9 Å². The van der Waals surface area contributed by atoms with Gasteiger partial charge in [-0.1, -0.05) is 6.42 Å². The van der Waals surface area contributed by atoms with E-state index >= 15 is 0 Å². The number of halogens is 3. The van der Waals surface area contributed by atoms with Gasteiger partial charge in [-0.15, -0.1) is 0 Å². The van der Waals surface area contributed by atoms with E-state index in [0.29, 0.717) is 6.42 Å². The van der Waals surface area contributed by atoms with E-state index in [1.165, 1.54) is 0 Å². The van der Waals surface area contributed by atoms with Crippen molar-refractivity contribution >= 4 is 0 Å². The van der Waals surface area contributed by atoms with Crippen molar-refractivity contribution in [3.63, 3.8) is 0 Å². The molecule has 2 heterocycles. The second-order valence-corrected chi connectivity index (χ2v) is 6.46. The lowest BCUT2D eigenvalue weighted by molar-refractivity contribution is -0.183. The van der Waals surface area contributed by atoms with Gasteiger partial charge in [0, 0.05) is 31.2 Å². The molecule has 6 heteroatoms. The van der Waals surface area contributed by atoms with Crippen LogP contribution in [-0.4, -0.2) is 27.8 Å². The summed E-state index contributed by atoms with van der Waals surface area (Å²) in [7, 11) is 0. The highest BCUT2D eigenvalue weighted by Crippen LogP contribution is 2.37. The molecule has 0 spiro atoms. The maximum atomic E-state index is 12.9. The number of nitrogens with zero attached hydrogens (tertiary/aromatic N) is 2. The van der Waals surface area contributed by atoms with Gasteiger partial charge in [0.25, 0.3) is 0 Å². The molecule has 0 aromatic carbocycles. The largest absolute Gasteiger partial charge is 0.391 e. The number of imidazole rings is 1. The Bertz CT molecular complexity index is 495. The normalized spacial score (nSPS) is 30.2. The van der Waals surface area contributed by atoms with Crippen LogP contribution in [-0.2, 0) is 13.0 Å². The minimum Gasteiger partial charge on any atom is -0.333 e. The molecule has 1 aliphatic heterocycles. The van der Waals surface area contributed by atoms with Gasteiger partial charge in [0.1, 0.15) is 5.82 Å². The molecule has 0 radical (unpaired) electrons. The van der Waals surface area contributed by atoms with E-state index in [2.05, 4.69) is 14.9 Å². The number of rotatable bonds is 2. The molecule has 21 heavy (non-hydrogen) atoms. The highest BCUT2D eigenvalue weighted by Gasteiger charge is 2.42. The van der Waals surface area contributed by atoms with E-state index < -0.39 is 12.1 Å². The molecule has 0 amide bonds. The van der Waals surface area contributed by atoms with Crippen LogP contribution in [0.15, 0.2) is 6.20 Å². The van der Waals surface area contributed by atoms with Crippen LogP contribution in [0.5, 0.6) is 0 Å². The van der Waals surface area contributed by atoms with Gasteiger partial charge in [0.2, 0.25) is 0 Å². The van der Waals surface area contributed by atoms with Gasteiger partial charge in [-0.3, -0.25) is 0 Å². The molecule has 1 aromatic heterocycles. The third-order valence-electron chi connectivity index (χ3n) is 4.72. The lowest BCUT2D eigenvalue weighted by atomic mass is 9.84. The standard InChI is InChI=1S/C15H22F3N3/c1-10-8-21-9-13(5-6-14(21)19-10)20-12-4-2-3-11(7-12)15(16,17)18/h8,11-13,20H,2-7,9H2,1H3/t11-,12-,13-/m0/s1. The fraction of sp³-hybridized carbons (Fsp3) is 0.800. The Morgan fingerprint density at radius 1 is 1.24 bits per heavy atom. The van der Waals surface area contributed by atoms with Crippen molar-refractivity contribution in [2.45, 2.75) is 70.3 Å². The monoisotopic (exact) mass is 301 g/mol. The summed E-state index contributed by atoms with van der Waals surface area (Å²) in [6.45, 7) is 2.80. The third-order valence-corrected chi connectivity index (χ3v) is 4.72. The van der Waals surface area contributed by atoms with Crippen molar-refractivity contribution in [1.29, 1.82) is 0 Å². The Morgan fingerprint density at radius 3 is 2.81 bits per heavy atom. The molecule has 1 fully saturated rings. The van der Waals surface area contributed by atoms with Gasteiger partial charge in [-0.25, -0.2) is 4.98 Å². The predicted molar refractivity (Wildman–Crippen MR) is 74.0 cm³/mol. The molecule has 3 atom stereocenters. The first-order valence-electron chi connectivity index (χ1n) is 7.77. The SMILES string of the molecule is Cc1cn2c(n1)CC[C@H](N[C@H]1CCC[C@H](C(F)(F)F)C1)C2. The maximum Gasteiger partial charge on any atom is 0.391 e. The van der Waals surface area contributed by atoms with Gasteiger partial charge >= 0.3 is 6.18 Å². The Labute approximate surface area is 122 Å². The first-order chi connectivity index (χ1) is 9.91. The van der Waals surface area contributed by atoms with Crippen LogP contribution in [0.3, 0.4) is 0 Å². The second kappa shape index (κ2) is 5.63. The third kappa shape index (κ3) is 3.42. The van der Waals surface area contributed by atoms with Crippen LogP contribution in [0, 0.1) is 12.8 Å². The highest BCUT2D eigenvalue weighted by atomic mass is 19.4. The van der Waals surface area contributed by atoms with Gasteiger partial charge in [0.15, 0.2) is 0 Å². The fourth-order valence-corrected chi connectivity index (χ4v) is 3.69. The first-order valence-corrected chi connectivity index (χ1v) is 7.77. The highest BCUT2D eigenvalue weighted by molar-refractivity contribution is 5.06. The molecule has 1 aliphatic carbocycles. The van der Waals surface area contributed by atoms with Crippen molar-refractivity contribution in [2.75, 3.05) is 0 Å². The van der Waals surface area contributed by atoms with Crippen molar-refractivity contribution in [1.82, 2.24) is 14.9 Å². The molecular weight excluding hydrogens is 279 g/mol. The van der Waals surface area contributed by atoms with E-state index in [4.69, 9.17) is 0 Å². The average molecular weight is 301 g/mol. The Kier molecular flexibility index (Phi) is 3.99. The Balaban J connectivity index is 1.57. The number of hydrogen-bond acceptors (Lipinski definition) is 2. The number of hydrogen-bond donors (Lipinski definition) is 1. The zero-order valence-corrected chi connectivity index (χ0v) is 12.3. The van der Waals surface area contributed by atoms with Crippen LogP contribution in [0.2, 0.25) is 0 Å². The predicted octanol–water partition coefficient (Wildman–Crippen LogP) is 3.22. The molecule has 0 bridgehead atoms. The average Bonchev–Trinajstić information content (AvgIpc) is 2.77. The van der Waals surface area contributed by atoms with E-state index in [0.717, 1.165) is 37.3 Å². The van der Waals surface area contributed by atoms with Crippen molar-refractivity contribution in [2.24, 2.45) is 5.92 Å². The number of aromatic nitrogens is 2. The van der Waals surface area contributed by atoms with Crippen molar-refractivity contribution < 1.29 is 13.2 Å². The summed E-state index contributed by atoms with van der Waals surface area (Å²) in [4.78, 5) is 4.46. The number of alkyl halides is 3. The second-order valence-electron chi connectivity index (χ2n) is 6.46. The van der Waals surface area contributed by atoms with Gasteiger partial charge in [-0.2, -0.15) is 13.2 Å². The molecule has 118 valence electrons. The number of nitrogens with one attached hydrogen (secondary N) is 1. The zero-order valence-electron chi connectivity index (χ0n) is 12.3. The Hall–Kier alpha value is -1.04. The molecule has 0 saturated heterocycles. The first kappa shape index (κ1) is 14.9. The molecule has 2 aliphatic rings. The summed E-state index contributed by atoms with van der Waals surface area (Å²) >= 11 is 0. The molecule has 3 rings (SSSR count). The van der Waals surface area contributed by atoms with Crippen molar-refractivity contribution in [3.05, 3.63) is 17.7 Å². The smallest absolute Gasteiger partial charge is 0.333 e. The van der Waals surface area contributed by atoms with E-state index in [1.54, 1.807) is 0 Å². The summed E-state index contributed by atoms with van der Waals surface area (Å²) in [5.41, 5.74) is 1.01. The summed E-state index contributed by atoms with van der Waals surface area (Å²) in [6.07, 6.45) is 1.91. The van der Waals surface area contributed by atoms with E-state index in [9.17, 15) is 13.2 Å². The zero-order chi connectivity index (χ0) is 15.0. The van der Waals surface area contributed by atoms with Gasteiger partial charge in [-0.05, 0) is 32.6 Å². The summed E-state index contributed by atoms with van der Waals surface area (Å²) in [5.74, 6) is -0.0271. The lowest BCUT2D eigenvalue weighted by Crippen LogP contribution is -2.46. The summed E-state index contributed by atoms with van der Waals surface area (Å²) < 4.78 is 40.7. The molecule has 1 aromatic rings. The van der Waals surface area contributed by atoms with Crippen LogP contribution in [0.1, 0.15) is 43.6 Å². The molecule has 3 nitrogen and oxygen atoms in total. The quantitative estimate of drug-likeness (QED) is 0.909. The lowest BCUT2D eigenvalue weighted by Gasteiger charge is -2.35. The molecule has 0 unspecified atom stereocenters. The van der Waals surface area contributed by atoms with E-state index in [1.807, 2.05) is 13.1 Å². The summed E-state index contributed by atoms with van der Waals surface area (Å²) in [5, 5.41) is 3.46. The molecule has 1 saturated carbocycles. The fourth-order valence-electron chi connectivity index (χ4n) is 3.69. The van der Waals surface area contributed by atoms with Crippen LogP contribution < -0.4 is 5.32 Å². The van der Waals surface area contributed by atoms with E-state index in [-0.39, 0.29) is 24.9 Å². The van der Waals surface area contributed by atoms with Crippen LogP contribution in [0.25, 0.3) is 0 Å².